The van der Waals surface area contributed by atoms with E-state index in [-0.39, 0.29) is 13.2 Å². The lowest BCUT2D eigenvalue weighted by Gasteiger charge is -2.08. The zero-order chi connectivity index (χ0) is 29.3. The van der Waals surface area contributed by atoms with Crippen molar-refractivity contribution in [3.8, 4) is 17.2 Å². The normalized spacial score (nSPS) is 10.4. The van der Waals surface area contributed by atoms with Gasteiger partial charge >= 0.3 is 17.9 Å². The van der Waals surface area contributed by atoms with Gasteiger partial charge in [0, 0.05) is 12.2 Å². The first-order valence-electron chi connectivity index (χ1n) is 12.7. The third-order valence-corrected chi connectivity index (χ3v) is 5.24. The Labute approximate surface area is 237 Å². The van der Waals surface area contributed by atoms with Crippen LogP contribution in [0.2, 0.25) is 0 Å². The molecular weight excluding hydrogens is 528 g/mol. The Balaban J connectivity index is 1.40. The zero-order valence-corrected chi connectivity index (χ0v) is 22.4. The number of esters is 3. The number of azo groups is 1. The van der Waals surface area contributed by atoms with Crippen LogP contribution in [-0.2, 0) is 19.1 Å². The van der Waals surface area contributed by atoms with Gasteiger partial charge in [-0.3, -0.25) is 0 Å². The summed E-state index contributed by atoms with van der Waals surface area (Å²) in [6.07, 6.45) is 3.61. The molecule has 0 saturated heterocycles. The fourth-order valence-corrected chi connectivity index (χ4v) is 3.15. The smallest absolute Gasteiger partial charge is 0.343 e. The maximum absolute atomic E-state index is 12.5. The van der Waals surface area contributed by atoms with Crippen molar-refractivity contribution in [2.45, 2.75) is 12.8 Å². The summed E-state index contributed by atoms with van der Waals surface area (Å²) >= 11 is 0. The van der Waals surface area contributed by atoms with E-state index in [1.807, 2.05) is 0 Å². The summed E-state index contributed by atoms with van der Waals surface area (Å²) in [7, 11) is 0. The van der Waals surface area contributed by atoms with Gasteiger partial charge in [0.25, 0.3) is 0 Å². The fraction of sp³-hybridized carbons (Fsp3) is 0.194. The molecule has 0 aromatic heterocycles. The van der Waals surface area contributed by atoms with Gasteiger partial charge in [0.1, 0.15) is 30.5 Å². The second-order valence-electron chi connectivity index (χ2n) is 8.25. The maximum atomic E-state index is 12.5. The minimum absolute atomic E-state index is 0.124. The predicted molar refractivity (Wildman–Crippen MR) is 151 cm³/mol. The molecular formula is C31H30N2O8. The predicted octanol–water partition coefficient (Wildman–Crippen LogP) is 6.32. The third-order valence-electron chi connectivity index (χ3n) is 5.24. The molecule has 3 aromatic rings. The van der Waals surface area contributed by atoms with Crippen molar-refractivity contribution in [2.75, 3.05) is 26.4 Å². The third kappa shape index (κ3) is 11.2. The van der Waals surface area contributed by atoms with Crippen LogP contribution in [0.5, 0.6) is 17.2 Å². The largest absolute Gasteiger partial charge is 0.494 e. The van der Waals surface area contributed by atoms with Gasteiger partial charge in [0.05, 0.1) is 30.2 Å². The SMILES string of the molecule is C=CC(=O)OCCCCOc1ccc(C(=O)Oc2ccc(/N=N/c3ccc(OCCOC(=O)C=C)cc3)cc2)cc1. The quantitative estimate of drug-likeness (QED) is 0.0658. The average Bonchev–Trinajstić information content (AvgIpc) is 3.01. The standard InChI is InChI=1S/C31H30N2O8/c1-3-29(34)39-20-6-5-19-37-26-13-7-23(8-14-26)31(36)41-28-17-11-25(12-18-28)33-32-24-9-15-27(16-10-24)38-21-22-40-30(35)4-2/h3-4,7-18H,1-2,5-6,19-22H2/b33-32+. The van der Waals surface area contributed by atoms with Gasteiger partial charge in [-0.2, -0.15) is 10.2 Å². The number of hydrogen-bond donors (Lipinski definition) is 0. The van der Waals surface area contributed by atoms with E-state index in [1.54, 1.807) is 72.8 Å². The summed E-state index contributed by atoms with van der Waals surface area (Å²) in [5.74, 6) is 0.149. The fourth-order valence-electron chi connectivity index (χ4n) is 3.15. The number of nitrogens with zero attached hydrogens (tertiary/aromatic N) is 2. The first-order valence-corrected chi connectivity index (χ1v) is 12.7. The molecule has 0 unspecified atom stereocenters. The summed E-state index contributed by atoms with van der Waals surface area (Å²) < 4.78 is 26.3. The van der Waals surface area contributed by atoms with Crippen molar-refractivity contribution < 1.29 is 38.1 Å². The molecule has 10 heteroatoms. The Morgan fingerprint density at radius 2 is 1.05 bits per heavy atom. The molecule has 0 aliphatic carbocycles. The molecule has 0 aliphatic rings. The van der Waals surface area contributed by atoms with E-state index in [4.69, 9.17) is 23.7 Å². The van der Waals surface area contributed by atoms with Gasteiger partial charge in [0.15, 0.2) is 0 Å². The van der Waals surface area contributed by atoms with Crippen LogP contribution >= 0.6 is 0 Å². The van der Waals surface area contributed by atoms with Crippen molar-refractivity contribution in [2.24, 2.45) is 10.2 Å². The van der Waals surface area contributed by atoms with E-state index >= 15 is 0 Å². The molecule has 0 bridgehead atoms. The summed E-state index contributed by atoms with van der Waals surface area (Å²) in [5, 5.41) is 8.38. The van der Waals surface area contributed by atoms with Crippen LogP contribution in [0, 0.1) is 0 Å². The number of hydrogen-bond acceptors (Lipinski definition) is 10. The molecule has 0 aliphatic heterocycles. The minimum Gasteiger partial charge on any atom is -0.494 e. The summed E-state index contributed by atoms with van der Waals surface area (Å²) in [4.78, 5) is 34.5. The molecule has 0 saturated carbocycles. The van der Waals surface area contributed by atoms with Crippen molar-refractivity contribution in [1.82, 2.24) is 0 Å². The Kier molecular flexibility index (Phi) is 12.3. The summed E-state index contributed by atoms with van der Waals surface area (Å²) in [5.41, 5.74) is 1.57. The highest BCUT2D eigenvalue weighted by Crippen LogP contribution is 2.24. The molecule has 0 heterocycles. The summed E-state index contributed by atoms with van der Waals surface area (Å²) in [6, 6.07) is 20.2. The molecule has 0 radical (unpaired) electrons. The molecule has 10 nitrogen and oxygen atoms in total. The highest BCUT2D eigenvalue weighted by molar-refractivity contribution is 5.91. The van der Waals surface area contributed by atoms with Crippen LogP contribution in [0.15, 0.2) is 108 Å². The molecule has 212 valence electrons. The van der Waals surface area contributed by atoms with Crippen molar-refractivity contribution >= 4 is 29.3 Å². The van der Waals surface area contributed by atoms with Crippen LogP contribution < -0.4 is 14.2 Å². The lowest BCUT2D eigenvalue weighted by atomic mass is 10.2. The molecule has 3 aromatic carbocycles. The monoisotopic (exact) mass is 558 g/mol. The van der Waals surface area contributed by atoms with Crippen molar-refractivity contribution in [3.05, 3.63) is 104 Å². The van der Waals surface area contributed by atoms with Crippen LogP contribution in [0.25, 0.3) is 0 Å². The Bertz CT molecular complexity index is 1330. The molecule has 0 amide bonds. The Hall–Kier alpha value is -5.25. The number of carbonyl (C=O) groups is 3. The maximum Gasteiger partial charge on any atom is 0.343 e. The molecule has 0 fully saturated rings. The number of rotatable bonds is 16. The first kappa shape index (κ1) is 30.3. The van der Waals surface area contributed by atoms with Crippen LogP contribution in [0.3, 0.4) is 0 Å². The van der Waals surface area contributed by atoms with Crippen LogP contribution in [0.1, 0.15) is 23.2 Å². The summed E-state index contributed by atoms with van der Waals surface area (Å²) in [6.45, 7) is 7.77. The van der Waals surface area contributed by atoms with E-state index < -0.39 is 17.9 Å². The minimum atomic E-state index is -0.504. The lowest BCUT2D eigenvalue weighted by Crippen LogP contribution is -2.09. The van der Waals surface area contributed by atoms with Gasteiger partial charge in [0.2, 0.25) is 0 Å². The van der Waals surface area contributed by atoms with Crippen molar-refractivity contribution in [3.63, 3.8) is 0 Å². The van der Waals surface area contributed by atoms with Crippen LogP contribution in [-0.4, -0.2) is 44.3 Å². The molecule has 0 spiro atoms. The second-order valence-corrected chi connectivity index (χ2v) is 8.25. The van der Waals surface area contributed by atoms with Crippen molar-refractivity contribution in [1.29, 1.82) is 0 Å². The van der Waals surface area contributed by atoms with E-state index in [1.165, 1.54) is 0 Å². The number of unbranched alkanes of at least 4 members (excludes halogenated alkanes) is 1. The van der Waals surface area contributed by atoms with Gasteiger partial charge < -0.3 is 23.7 Å². The topological polar surface area (TPSA) is 122 Å². The highest BCUT2D eigenvalue weighted by Gasteiger charge is 2.09. The lowest BCUT2D eigenvalue weighted by molar-refractivity contribution is -0.139. The molecule has 0 N–H and O–H groups in total. The van der Waals surface area contributed by atoms with Gasteiger partial charge in [-0.15, -0.1) is 0 Å². The number of carbonyl (C=O) groups excluding carboxylic acids is 3. The Morgan fingerprint density at radius 1 is 0.585 bits per heavy atom. The van der Waals surface area contributed by atoms with E-state index in [2.05, 4.69) is 23.4 Å². The van der Waals surface area contributed by atoms with E-state index in [0.717, 1.165) is 12.2 Å². The van der Waals surface area contributed by atoms with Gasteiger partial charge in [-0.05, 0) is 85.6 Å². The van der Waals surface area contributed by atoms with Crippen LogP contribution in [0.4, 0.5) is 11.4 Å². The first-order chi connectivity index (χ1) is 20.0. The number of ether oxygens (including phenoxy) is 5. The molecule has 3 rings (SSSR count). The zero-order valence-electron chi connectivity index (χ0n) is 22.4. The van der Waals surface area contributed by atoms with Gasteiger partial charge in [-0.1, -0.05) is 13.2 Å². The van der Waals surface area contributed by atoms with Gasteiger partial charge in [-0.25, -0.2) is 14.4 Å². The highest BCUT2D eigenvalue weighted by atomic mass is 16.6. The van der Waals surface area contributed by atoms with E-state index in [0.29, 0.717) is 60.2 Å². The van der Waals surface area contributed by atoms with E-state index in [9.17, 15) is 14.4 Å². The number of benzene rings is 3. The second kappa shape index (κ2) is 16.7. The molecule has 41 heavy (non-hydrogen) atoms. The molecule has 0 atom stereocenters. The Morgan fingerprint density at radius 3 is 1.61 bits per heavy atom. The average molecular weight is 559 g/mol.